The topological polar surface area (TPSA) is 64.1 Å². The monoisotopic (exact) mass is 423 g/mol. The Balaban J connectivity index is 1.48. The number of ether oxygens (including phenoxy) is 1. The minimum absolute atomic E-state index is 0.235. The summed E-state index contributed by atoms with van der Waals surface area (Å²) < 4.78 is 5.75. The summed E-state index contributed by atoms with van der Waals surface area (Å²) in [4.78, 5) is 22.4. The van der Waals surface area contributed by atoms with Gasteiger partial charge < -0.3 is 10.1 Å². The third kappa shape index (κ3) is 4.39. The zero-order valence-electron chi connectivity index (χ0n) is 15.8. The first kappa shape index (κ1) is 19.4. The number of thiazole rings is 1. The Kier molecular flexibility index (Phi) is 5.47. The normalized spacial score (nSPS) is 12.0. The summed E-state index contributed by atoms with van der Waals surface area (Å²) >= 11 is 7.55. The number of hydrogen-bond donors (Lipinski definition) is 1. The number of aromatic nitrogens is 2. The van der Waals surface area contributed by atoms with Crippen molar-refractivity contribution in [3.8, 4) is 16.3 Å². The van der Waals surface area contributed by atoms with Crippen molar-refractivity contribution in [2.75, 3.05) is 5.32 Å². The Morgan fingerprint density at radius 3 is 2.83 bits per heavy atom. The van der Waals surface area contributed by atoms with Gasteiger partial charge in [0, 0.05) is 22.5 Å². The van der Waals surface area contributed by atoms with Crippen molar-refractivity contribution in [2.24, 2.45) is 0 Å². The summed E-state index contributed by atoms with van der Waals surface area (Å²) in [5.41, 5.74) is 3.37. The smallest absolute Gasteiger partial charge is 0.265 e. The summed E-state index contributed by atoms with van der Waals surface area (Å²) in [6, 6.07) is 16.7. The molecule has 2 aromatic carbocycles. The molecule has 1 N–H and O–H groups in total. The summed E-state index contributed by atoms with van der Waals surface area (Å²) in [7, 11) is 0. The minimum atomic E-state index is -0.661. The van der Waals surface area contributed by atoms with Gasteiger partial charge in [-0.05, 0) is 61.9 Å². The molecule has 0 radical (unpaired) electrons. The minimum Gasteiger partial charge on any atom is -0.481 e. The van der Waals surface area contributed by atoms with Gasteiger partial charge in [-0.2, -0.15) is 0 Å². The van der Waals surface area contributed by atoms with Crippen LogP contribution >= 0.6 is 22.9 Å². The molecular formula is C22H18ClN3O2S. The number of hydrogen-bond acceptors (Lipinski definition) is 5. The number of amides is 1. The van der Waals surface area contributed by atoms with Gasteiger partial charge in [-0.25, -0.2) is 9.97 Å². The van der Waals surface area contributed by atoms with E-state index in [4.69, 9.17) is 16.3 Å². The van der Waals surface area contributed by atoms with E-state index >= 15 is 0 Å². The van der Waals surface area contributed by atoms with E-state index in [1.54, 1.807) is 25.3 Å². The van der Waals surface area contributed by atoms with E-state index in [1.165, 1.54) is 11.3 Å². The predicted molar refractivity (Wildman–Crippen MR) is 118 cm³/mol. The number of halogens is 1. The highest BCUT2D eigenvalue weighted by molar-refractivity contribution is 7.21. The van der Waals surface area contributed by atoms with Gasteiger partial charge in [0.15, 0.2) is 6.10 Å². The molecule has 0 aliphatic rings. The zero-order chi connectivity index (χ0) is 20.4. The van der Waals surface area contributed by atoms with Crippen molar-refractivity contribution >= 4 is 44.9 Å². The van der Waals surface area contributed by atoms with Crippen LogP contribution in [0.5, 0.6) is 5.75 Å². The lowest BCUT2D eigenvalue weighted by Crippen LogP contribution is -2.30. The summed E-state index contributed by atoms with van der Waals surface area (Å²) in [5, 5.41) is 4.42. The predicted octanol–water partition coefficient (Wildman–Crippen LogP) is 5.73. The molecule has 1 atom stereocenters. The van der Waals surface area contributed by atoms with Crippen LogP contribution in [0.25, 0.3) is 20.9 Å². The molecule has 7 heteroatoms. The number of carbonyl (C=O) groups excluding carboxylic acids is 1. The Hall–Kier alpha value is -2.96. The average Bonchev–Trinajstić information content (AvgIpc) is 3.15. The molecule has 4 rings (SSSR count). The number of nitrogens with one attached hydrogen (secondary N) is 1. The van der Waals surface area contributed by atoms with Gasteiger partial charge in [0.05, 0.1) is 0 Å². The van der Waals surface area contributed by atoms with E-state index in [1.807, 2.05) is 49.4 Å². The number of nitrogens with zero attached hydrogens (tertiary/aromatic N) is 2. The van der Waals surface area contributed by atoms with Crippen LogP contribution < -0.4 is 10.1 Å². The van der Waals surface area contributed by atoms with E-state index in [9.17, 15) is 4.79 Å². The Morgan fingerprint density at radius 1 is 1.17 bits per heavy atom. The molecule has 1 amide bonds. The van der Waals surface area contributed by atoms with Gasteiger partial charge in [-0.1, -0.05) is 35.1 Å². The lowest BCUT2D eigenvalue weighted by Gasteiger charge is -2.15. The van der Waals surface area contributed by atoms with Gasteiger partial charge in [-0.15, -0.1) is 0 Å². The standard InChI is InChI=1S/C22H18ClN3O2S/c1-13-11-17(8-9-18(13)23)28-14(2)20(27)25-16-6-3-5-15(12-16)21-26-19-7-4-10-24-22(19)29-21/h3-12,14H,1-2H3,(H,25,27). The molecule has 146 valence electrons. The van der Waals surface area contributed by atoms with Gasteiger partial charge >= 0.3 is 0 Å². The van der Waals surface area contributed by atoms with E-state index < -0.39 is 6.10 Å². The second kappa shape index (κ2) is 8.19. The molecule has 0 fully saturated rings. The summed E-state index contributed by atoms with van der Waals surface area (Å²) in [6.45, 7) is 3.60. The molecule has 2 heterocycles. The van der Waals surface area contributed by atoms with Gasteiger partial charge in [0.1, 0.15) is 21.1 Å². The van der Waals surface area contributed by atoms with Crippen molar-refractivity contribution in [1.82, 2.24) is 9.97 Å². The van der Waals surface area contributed by atoms with Crippen molar-refractivity contribution in [3.63, 3.8) is 0 Å². The maximum atomic E-state index is 12.6. The highest BCUT2D eigenvalue weighted by Gasteiger charge is 2.16. The third-order valence-electron chi connectivity index (χ3n) is 4.35. The van der Waals surface area contributed by atoms with Crippen LogP contribution in [0.15, 0.2) is 60.8 Å². The Bertz CT molecular complexity index is 1160. The number of fused-ring (bicyclic) bond motifs is 1. The lowest BCUT2D eigenvalue weighted by molar-refractivity contribution is -0.122. The maximum absolute atomic E-state index is 12.6. The number of carbonyl (C=O) groups is 1. The van der Waals surface area contributed by atoms with Gasteiger partial charge in [-0.3, -0.25) is 4.79 Å². The van der Waals surface area contributed by atoms with Crippen molar-refractivity contribution in [3.05, 3.63) is 71.4 Å². The average molecular weight is 424 g/mol. The Labute approximate surface area is 177 Å². The van der Waals surface area contributed by atoms with Crippen LogP contribution in [0.4, 0.5) is 5.69 Å². The highest BCUT2D eigenvalue weighted by atomic mass is 35.5. The Morgan fingerprint density at radius 2 is 2.03 bits per heavy atom. The first-order valence-electron chi connectivity index (χ1n) is 9.05. The van der Waals surface area contributed by atoms with Crippen molar-refractivity contribution in [2.45, 2.75) is 20.0 Å². The van der Waals surface area contributed by atoms with Crippen LogP contribution in [0.3, 0.4) is 0 Å². The number of aryl methyl sites for hydroxylation is 1. The van der Waals surface area contributed by atoms with Crippen LogP contribution in [-0.4, -0.2) is 22.0 Å². The van der Waals surface area contributed by atoms with Crippen LogP contribution in [0.2, 0.25) is 5.02 Å². The first-order chi connectivity index (χ1) is 14.0. The fourth-order valence-electron chi connectivity index (χ4n) is 2.82. The quantitative estimate of drug-likeness (QED) is 0.445. The van der Waals surface area contributed by atoms with E-state index in [0.717, 1.165) is 26.5 Å². The van der Waals surface area contributed by atoms with E-state index in [-0.39, 0.29) is 5.91 Å². The maximum Gasteiger partial charge on any atom is 0.265 e. The fraction of sp³-hybridized carbons (Fsp3) is 0.136. The summed E-state index contributed by atoms with van der Waals surface area (Å²) in [6.07, 6.45) is 1.09. The molecule has 0 saturated heterocycles. The molecule has 4 aromatic rings. The molecule has 0 saturated carbocycles. The number of anilines is 1. The van der Waals surface area contributed by atoms with Crippen LogP contribution in [0, 0.1) is 6.92 Å². The number of benzene rings is 2. The second-order valence-electron chi connectivity index (χ2n) is 6.59. The fourth-order valence-corrected chi connectivity index (χ4v) is 3.84. The summed E-state index contributed by atoms with van der Waals surface area (Å²) in [5.74, 6) is 0.367. The number of pyridine rings is 1. The highest BCUT2D eigenvalue weighted by Crippen LogP contribution is 2.30. The van der Waals surface area contributed by atoms with Crippen LogP contribution in [-0.2, 0) is 4.79 Å². The first-order valence-corrected chi connectivity index (χ1v) is 10.2. The molecule has 0 bridgehead atoms. The van der Waals surface area contributed by atoms with Crippen molar-refractivity contribution in [1.29, 1.82) is 0 Å². The largest absolute Gasteiger partial charge is 0.481 e. The van der Waals surface area contributed by atoms with Crippen molar-refractivity contribution < 1.29 is 9.53 Å². The molecule has 1 unspecified atom stereocenters. The van der Waals surface area contributed by atoms with Gasteiger partial charge in [0.25, 0.3) is 5.91 Å². The van der Waals surface area contributed by atoms with E-state index in [0.29, 0.717) is 16.5 Å². The van der Waals surface area contributed by atoms with Crippen LogP contribution in [0.1, 0.15) is 12.5 Å². The SMILES string of the molecule is Cc1cc(OC(C)C(=O)Nc2cccc(-c3nc4cccnc4s3)c2)ccc1Cl. The molecule has 0 aliphatic heterocycles. The second-order valence-corrected chi connectivity index (χ2v) is 7.97. The molecule has 5 nitrogen and oxygen atoms in total. The molecular weight excluding hydrogens is 406 g/mol. The number of rotatable bonds is 5. The van der Waals surface area contributed by atoms with E-state index in [2.05, 4.69) is 15.3 Å². The van der Waals surface area contributed by atoms with Gasteiger partial charge in [0.2, 0.25) is 0 Å². The lowest BCUT2D eigenvalue weighted by atomic mass is 10.2. The molecule has 2 aromatic heterocycles. The zero-order valence-corrected chi connectivity index (χ0v) is 17.4. The molecule has 0 aliphatic carbocycles. The molecule has 0 spiro atoms. The molecule has 29 heavy (non-hydrogen) atoms. The third-order valence-corrected chi connectivity index (χ3v) is 5.81.